The number of nitrogens with one attached hydrogen (secondary N) is 2. The van der Waals surface area contributed by atoms with E-state index in [4.69, 9.17) is 5.73 Å². The summed E-state index contributed by atoms with van der Waals surface area (Å²) in [6, 6.07) is 7.99. The Morgan fingerprint density at radius 1 is 1.14 bits per heavy atom. The molecule has 1 aromatic rings. The Hall–Kier alpha value is -2.04. The highest BCUT2D eigenvalue weighted by atomic mass is 16.2. The summed E-state index contributed by atoms with van der Waals surface area (Å²) in [5.74, 6) is -0.187. The van der Waals surface area contributed by atoms with E-state index in [2.05, 4.69) is 10.6 Å². The largest absolute Gasteiger partial charge is 0.373 e. The van der Waals surface area contributed by atoms with Crippen LogP contribution in [0.15, 0.2) is 24.3 Å². The summed E-state index contributed by atoms with van der Waals surface area (Å²) >= 11 is 0. The Balaban J connectivity index is 1.51. The van der Waals surface area contributed by atoms with Gasteiger partial charge in [0.05, 0.1) is 0 Å². The Morgan fingerprint density at radius 2 is 1.86 bits per heavy atom. The molecule has 5 nitrogen and oxygen atoms in total. The fraction of sp³-hybridized carbons (Fsp3) is 0.500. The number of hydrogen-bond donors (Lipinski definition) is 3. The first-order valence-corrected chi connectivity index (χ1v) is 7.57. The van der Waals surface area contributed by atoms with Crippen LogP contribution in [0.2, 0.25) is 0 Å². The molecular weight excluding hydrogens is 266 g/mol. The van der Waals surface area contributed by atoms with E-state index in [0.717, 1.165) is 37.8 Å². The van der Waals surface area contributed by atoms with Crippen molar-refractivity contribution in [3.63, 3.8) is 0 Å². The summed E-state index contributed by atoms with van der Waals surface area (Å²) in [5.41, 5.74) is 7.57. The van der Waals surface area contributed by atoms with Crippen molar-refractivity contribution in [3.05, 3.63) is 29.8 Å². The Morgan fingerprint density at radius 3 is 2.52 bits per heavy atom. The monoisotopic (exact) mass is 287 g/mol. The molecule has 1 saturated carbocycles. The van der Waals surface area contributed by atoms with Gasteiger partial charge in [0.25, 0.3) is 0 Å². The molecule has 1 atom stereocenters. The van der Waals surface area contributed by atoms with Gasteiger partial charge in [-0.3, -0.25) is 9.59 Å². The number of carbonyl (C=O) groups excluding carboxylic acids is 2. The summed E-state index contributed by atoms with van der Waals surface area (Å²) in [6.45, 7) is 0. The van der Waals surface area contributed by atoms with E-state index in [9.17, 15) is 9.59 Å². The quantitative estimate of drug-likeness (QED) is 0.780. The number of benzene rings is 1. The predicted octanol–water partition coefficient (Wildman–Crippen LogP) is 1.18. The lowest BCUT2D eigenvalue weighted by Gasteiger charge is -2.28. The molecular formula is C16H21N3O2. The van der Waals surface area contributed by atoms with Gasteiger partial charge in [-0.2, -0.15) is 0 Å². The first-order valence-electron chi connectivity index (χ1n) is 7.57. The zero-order valence-electron chi connectivity index (χ0n) is 12.0. The normalized spacial score (nSPS) is 27.5. The van der Waals surface area contributed by atoms with Gasteiger partial charge in [0.1, 0.15) is 6.04 Å². The number of carbonyl (C=O) groups is 2. The lowest BCUT2D eigenvalue weighted by atomic mass is 9.85. The number of amides is 2. The zero-order chi connectivity index (χ0) is 14.8. The Bertz CT molecular complexity index is 525. The number of primary amides is 1. The molecule has 1 unspecified atom stereocenters. The fourth-order valence-corrected chi connectivity index (χ4v) is 3.28. The van der Waals surface area contributed by atoms with Crippen molar-refractivity contribution < 1.29 is 9.59 Å². The molecule has 1 fully saturated rings. The minimum absolute atomic E-state index is 0.0213. The summed E-state index contributed by atoms with van der Waals surface area (Å²) in [5, 5.41) is 6.37. The van der Waals surface area contributed by atoms with E-state index in [-0.39, 0.29) is 29.8 Å². The van der Waals surface area contributed by atoms with Gasteiger partial charge in [-0.25, -0.2) is 0 Å². The van der Waals surface area contributed by atoms with E-state index in [1.807, 2.05) is 24.3 Å². The van der Waals surface area contributed by atoms with Gasteiger partial charge < -0.3 is 16.4 Å². The second kappa shape index (κ2) is 5.76. The Labute approximate surface area is 124 Å². The third kappa shape index (κ3) is 3.01. The molecule has 5 heteroatoms. The maximum Gasteiger partial charge on any atom is 0.243 e. The van der Waals surface area contributed by atoms with E-state index in [1.54, 1.807) is 0 Å². The number of rotatable bonds is 3. The van der Waals surface area contributed by atoms with Gasteiger partial charge in [-0.05, 0) is 37.3 Å². The summed E-state index contributed by atoms with van der Waals surface area (Å²) in [7, 11) is 0. The van der Waals surface area contributed by atoms with Crippen LogP contribution in [-0.4, -0.2) is 23.9 Å². The molecule has 1 heterocycles. The molecule has 0 bridgehead atoms. The maximum atomic E-state index is 12.3. The van der Waals surface area contributed by atoms with Crippen molar-refractivity contribution >= 4 is 17.5 Å². The average molecular weight is 287 g/mol. The third-order valence-electron chi connectivity index (χ3n) is 4.56. The molecule has 0 spiro atoms. The van der Waals surface area contributed by atoms with Crippen molar-refractivity contribution in [1.82, 2.24) is 5.32 Å². The number of nitrogens with two attached hydrogens (primary N) is 1. The fourth-order valence-electron chi connectivity index (χ4n) is 3.28. The van der Waals surface area contributed by atoms with Gasteiger partial charge in [-0.1, -0.05) is 18.2 Å². The molecule has 0 radical (unpaired) electrons. The minimum Gasteiger partial charge on any atom is -0.373 e. The van der Waals surface area contributed by atoms with E-state index in [1.165, 1.54) is 5.56 Å². The molecule has 1 aliphatic carbocycles. The molecule has 2 amide bonds. The van der Waals surface area contributed by atoms with Crippen molar-refractivity contribution in [2.24, 2.45) is 11.7 Å². The second-order valence-electron chi connectivity index (χ2n) is 6.02. The third-order valence-corrected chi connectivity index (χ3v) is 4.56. The second-order valence-corrected chi connectivity index (χ2v) is 6.02. The van der Waals surface area contributed by atoms with E-state index >= 15 is 0 Å². The van der Waals surface area contributed by atoms with Gasteiger partial charge in [-0.15, -0.1) is 0 Å². The number of anilines is 1. The zero-order valence-corrected chi connectivity index (χ0v) is 12.0. The van der Waals surface area contributed by atoms with Crippen LogP contribution in [0.1, 0.15) is 31.2 Å². The van der Waals surface area contributed by atoms with Crippen molar-refractivity contribution in [2.45, 2.75) is 44.2 Å². The first-order chi connectivity index (χ1) is 10.1. The SMILES string of the molecule is NC(=O)C1CCC(NC(=O)C2Cc3ccccc3N2)CC1. The molecule has 112 valence electrons. The van der Waals surface area contributed by atoms with Crippen LogP contribution in [-0.2, 0) is 16.0 Å². The highest BCUT2D eigenvalue weighted by molar-refractivity contribution is 5.87. The van der Waals surface area contributed by atoms with Crippen LogP contribution in [0.3, 0.4) is 0 Å². The predicted molar refractivity (Wildman–Crippen MR) is 80.6 cm³/mol. The summed E-state index contributed by atoms with van der Waals surface area (Å²) in [4.78, 5) is 23.5. The molecule has 1 aromatic carbocycles. The number of fused-ring (bicyclic) bond motifs is 1. The van der Waals surface area contributed by atoms with E-state index < -0.39 is 0 Å². The van der Waals surface area contributed by atoms with E-state index in [0.29, 0.717) is 0 Å². The standard InChI is InChI=1S/C16H21N3O2/c17-15(20)10-5-7-12(8-6-10)18-16(21)14-9-11-3-1-2-4-13(11)19-14/h1-4,10,12,14,19H,5-9H2,(H2,17,20)(H,18,21). The van der Waals surface area contributed by atoms with Crippen LogP contribution in [0, 0.1) is 5.92 Å². The Kier molecular flexibility index (Phi) is 3.82. The highest BCUT2D eigenvalue weighted by Crippen LogP contribution is 2.27. The summed E-state index contributed by atoms with van der Waals surface area (Å²) in [6.07, 6.45) is 3.95. The van der Waals surface area contributed by atoms with Crippen LogP contribution < -0.4 is 16.4 Å². The highest BCUT2D eigenvalue weighted by Gasteiger charge is 2.30. The molecule has 2 aliphatic rings. The lowest BCUT2D eigenvalue weighted by Crippen LogP contribution is -2.46. The first kappa shape index (κ1) is 13.9. The lowest BCUT2D eigenvalue weighted by molar-refractivity contribution is -0.123. The van der Waals surface area contributed by atoms with Crippen LogP contribution >= 0.6 is 0 Å². The van der Waals surface area contributed by atoms with Crippen LogP contribution in [0.4, 0.5) is 5.69 Å². The molecule has 0 saturated heterocycles. The van der Waals surface area contributed by atoms with Gasteiger partial charge in [0, 0.05) is 24.1 Å². The molecule has 21 heavy (non-hydrogen) atoms. The van der Waals surface area contributed by atoms with Crippen LogP contribution in [0.25, 0.3) is 0 Å². The minimum atomic E-state index is -0.215. The van der Waals surface area contributed by atoms with Gasteiger partial charge in [0.15, 0.2) is 0 Å². The maximum absolute atomic E-state index is 12.3. The molecule has 0 aromatic heterocycles. The summed E-state index contributed by atoms with van der Waals surface area (Å²) < 4.78 is 0. The van der Waals surface area contributed by atoms with Crippen LogP contribution in [0.5, 0.6) is 0 Å². The topological polar surface area (TPSA) is 84.2 Å². The number of para-hydroxylation sites is 1. The van der Waals surface area contributed by atoms with Crippen molar-refractivity contribution in [1.29, 1.82) is 0 Å². The smallest absolute Gasteiger partial charge is 0.243 e. The van der Waals surface area contributed by atoms with Crippen molar-refractivity contribution in [3.8, 4) is 0 Å². The molecule has 1 aliphatic heterocycles. The van der Waals surface area contributed by atoms with Crippen molar-refractivity contribution in [2.75, 3.05) is 5.32 Å². The van der Waals surface area contributed by atoms with Gasteiger partial charge >= 0.3 is 0 Å². The van der Waals surface area contributed by atoms with Gasteiger partial charge in [0.2, 0.25) is 11.8 Å². The molecule has 3 rings (SSSR count). The number of hydrogen-bond acceptors (Lipinski definition) is 3. The average Bonchev–Trinajstić information content (AvgIpc) is 2.92. The molecule has 4 N–H and O–H groups in total.